The van der Waals surface area contributed by atoms with Gasteiger partial charge in [-0.05, 0) is 36.3 Å². The lowest BCUT2D eigenvalue weighted by atomic mass is 9.83. The van der Waals surface area contributed by atoms with Crippen LogP contribution in [0.3, 0.4) is 0 Å². The summed E-state index contributed by atoms with van der Waals surface area (Å²) in [5.41, 5.74) is 0.0147. The maximum absolute atomic E-state index is 12.1. The highest BCUT2D eigenvalue weighted by Crippen LogP contribution is 2.32. The molecule has 0 aliphatic heterocycles. The van der Waals surface area contributed by atoms with Crippen molar-refractivity contribution in [3.05, 3.63) is 39.6 Å². The summed E-state index contributed by atoms with van der Waals surface area (Å²) in [5.74, 6) is 0.338. The largest absolute Gasteiger partial charge is 0.511 e. The van der Waals surface area contributed by atoms with Crippen molar-refractivity contribution in [2.24, 2.45) is 5.92 Å². The number of benzene rings is 1. The molecule has 23 heavy (non-hydrogen) atoms. The highest BCUT2D eigenvalue weighted by atomic mass is 35.5. The van der Waals surface area contributed by atoms with Crippen LogP contribution in [0.15, 0.2) is 34.4 Å². The van der Waals surface area contributed by atoms with Gasteiger partial charge in [0.15, 0.2) is 11.6 Å². The fraction of sp³-hybridized carbons (Fsp3) is 0.412. The molecule has 1 aromatic carbocycles. The lowest BCUT2D eigenvalue weighted by Crippen LogP contribution is -2.24. The van der Waals surface area contributed by atoms with E-state index in [2.05, 4.69) is 0 Å². The van der Waals surface area contributed by atoms with Crippen LogP contribution in [0.2, 0.25) is 10.0 Å². The van der Waals surface area contributed by atoms with E-state index in [1.165, 1.54) is 0 Å². The maximum atomic E-state index is 12.1. The minimum atomic E-state index is -0.267. The van der Waals surface area contributed by atoms with E-state index in [0.717, 1.165) is 17.1 Å². The molecule has 1 aliphatic carbocycles. The average molecular weight is 373 g/mol. The van der Waals surface area contributed by atoms with Gasteiger partial charge in [-0.15, -0.1) is 11.8 Å². The molecule has 3 nitrogen and oxygen atoms in total. The third-order valence-corrected chi connectivity index (χ3v) is 5.58. The minimum Gasteiger partial charge on any atom is -0.511 e. The quantitative estimate of drug-likeness (QED) is 0.547. The summed E-state index contributed by atoms with van der Waals surface area (Å²) in [6.45, 7) is 1.69. The van der Waals surface area contributed by atoms with E-state index in [-0.39, 0.29) is 35.2 Å². The topological polar surface area (TPSA) is 54.4 Å². The Balaban J connectivity index is 1.90. The molecule has 6 heteroatoms. The van der Waals surface area contributed by atoms with Gasteiger partial charge < -0.3 is 5.11 Å². The van der Waals surface area contributed by atoms with Gasteiger partial charge in [0.1, 0.15) is 5.76 Å². The Morgan fingerprint density at radius 2 is 2.04 bits per heavy atom. The number of carbonyl (C=O) groups is 2. The van der Waals surface area contributed by atoms with Crippen LogP contribution in [0.1, 0.15) is 32.6 Å². The number of carbonyl (C=O) groups excluding carboxylic acids is 2. The first kappa shape index (κ1) is 18.4. The van der Waals surface area contributed by atoms with Crippen LogP contribution in [0, 0.1) is 5.92 Å². The molecule has 0 radical (unpaired) electrons. The van der Waals surface area contributed by atoms with Crippen molar-refractivity contribution in [3.8, 4) is 0 Å². The summed E-state index contributed by atoms with van der Waals surface area (Å²) in [6, 6.07) is 5.48. The van der Waals surface area contributed by atoms with Crippen LogP contribution in [-0.2, 0) is 9.59 Å². The number of rotatable bonds is 6. The predicted molar refractivity (Wildman–Crippen MR) is 94.5 cm³/mol. The molecule has 1 aliphatic rings. The van der Waals surface area contributed by atoms with E-state index in [1.54, 1.807) is 24.8 Å². The Labute approximate surface area is 150 Å². The lowest BCUT2D eigenvalue weighted by molar-refractivity contribution is -0.122. The molecule has 0 bridgehead atoms. The van der Waals surface area contributed by atoms with Crippen molar-refractivity contribution in [2.75, 3.05) is 5.75 Å². The highest BCUT2D eigenvalue weighted by molar-refractivity contribution is 7.99. The molecule has 1 atom stereocenters. The molecular weight excluding hydrogens is 355 g/mol. The number of aliphatic hydroxyl groups excluding tert-OH is 1. The van der Waals surface area contributed by atoms with Crippen molar-refractivity contribution in [1.82, 2.24) is 0 Å². The van der Waals surface area contributed by atoms with Crippen LogP contribution in [0.25, 0.3) is 0 Å². The summed E-state index contributed by atoms with van der Waals surface area (Å²) in [4.78, 5) is 24.8. The Bertz CT molecular complexity index is 655. The number of thioether (sulfide) groups is 1. The van der Waals surface area contributed by atoms with Crippen molar-refractivity contribution in [3.63, 3.8) is 0 Å². The lowest BCUT2D eigenvalue weighted by Gasteiger charge is -2.22. The zero-order valence-corrected chi connectivity index (χ0v) is 15.1. The fourth-order valence-electron chi connectivity index (χ4n) is 2.58. The molecule has 1 unspecified atom stereocenters. The fourth-order valence-corrected chi connectivity index (χ4v) is 4.00. The van der Waals surface area contributed by atoms with E-state index in [1.807, 2.05) is 12.1 Å². The normalized spacial score (nSPS) is 18.4. The van der Waals surface area contributed by atoms with Crippen LogP contribution < -0.4 is 0 Å². The summed E-state index contributed by atoms with van der Waals surface area (Å²) in [5, 5.41) is 11.0. The zero-order chi connectivity index (χ0) is 17.0. The highest BCUT2D eigenvalue weighted by Gasteiger charge is 2.30. The second-order valence-corrected chi connectivity index (χ2v) is 7.49. The number of halogens is 2. The van der Waals surface area contributed by atoms with Gasteiger partial charge in [-0.1, -0.05) is 30.1 Å². The SMILES string of the molecule is CCC(=O)C1=C(O)CC(CCSc2ccc(Cl)c(Cl)c2)CC1=O. The Kier molecular flexibility index (Phi) is 6.57. The molecule has 1 aromatic rings. The molecule has 1 N–H and O–H groups in total. The third-order valence-electron chi connectivity index (χ3n) is 3.81. The van der Waals surface area contributed by atoms with Crippen molar-refractivity contribution >= 4 is 46.5 Å². The van der Waals surface area contributed by atoms with Gasteiger partial charge in [0.2, 0.25) is 0 Å². The van der Waals surface area contributed by atoms with Gasteiger partial charge in [-0.3, -0.25) is 9.59 Å². The number of Topliss-reactive ketones (excluding diaryl/α,β-unsaturated/α-hetero) is 2. The summed E-state index contributed by atoms with van der Waals surface area (Å²) in [6.07, 6.45) is 1.75. The summed E-state index contributed by atoms with van der Waals surface area (Å²) < 4.78 is 0. The first-order chi connectivity index (χ1) is 10.9. The van der Waals surface area contributed by atoms with Crippen molar-refractivity contribution in [2.45, 2.75) is 37.5 Å². The van der Waals surface area contributed by atoms with Gasteiger partial charge >= 0.3 is 0 Å². The van der Waals surface area contributed by atoms with E-state index in [0.29, 0.717) is 22.9 Å². The molecular formula is C17H18Cl2O3S. The molecule has 2 rings (SSSR count). The first-order valence-corrected chi connectivity index (χ1v) is 9.22. The standard InChI is InChI=1S/C17H18Cl2O3S/c1-2-14(20)17-15(21)7-10(8-16(17)22)5-6-23-11-3-4-12(18)13(19)9-11/h3-4,9-10,21H,2,5-8H2,1H3. The monoisotopic (exact) mass is 372 g/mol. The van der Waals surface area contributed by atoms with Crippen LogP contribution in [0.5, 0.6) is 0 Å². The van der Waals surface area contributed by atoms with E-state index in [9.17, 15) is 14.7 Å². The number of ketones is 2. The Morgan fingerprint density at radius 3 is 2.65 bits per heavy atom. The molecule has 0 aromatic heterocycles. The molecule has 0 fully saturated rings. The number of aliphatic hydroxyl groups is 1. The van der Waals surface area contributed by atoms with Gasteiger partial charge in [-0.2, -0.15) is 0 Å². The van der Waals surface area contributed by atoms with Crippen LogP contribution >= 0.6 is 35.0 Å². The second-order valence-electron chi connectivity index (χ2n) is 5.51. The Morgan fingerprint density at radius 1 is 1.30 bits per heavy atom. The molecule has 124 valence electrons. The van der Waals surface area contributed by atoms with E-state index < -0.39 is 0 Å². The summed E-state index contributed by atoms with van der Waals surface area (Å²) in [7, 11) is 0. The van der Waals surface area contributed by atoms with Crippen molar-refractivity contribution in [1.29, 1.82) is 0 Å². The number of hydrogen-bond donors (Lipinski definition) is 1. The smallest absolute Gasteiger partial charge is 0.170 e. The second kappa shape index (κ2) is 8.22. The van der Waals surface area contributed by atoms with Crippen LogP contribution in [-0.4, -0.2) is 22.4 Å². The minimum absolute atomic E-state index is 0.0147. The Hall–Kier alpha value is -0.970. The van der Waals surface area contributed by atoms with Gasteiger partial charge in [0.25, 0.3) is 0 Å². The average Bonchev–Trinajstić information content (AvgIpc) is 2.50. The van der Waals surface area contributed by atoms with Gasteiger partial charge in [0.05, 0.1) is 15.6 Å². The third kappa shape index (κ3) is 4.75. The van der Waals surface area contributed by atoms with Crippen LogP contribution in [0.4, 0.5) is 0 Å². The summed E-state index contributed by atoms with van der Waals surface area (Å²) >= 11 is 13.5. The molecule has 0 saturated heterocycles. The van der Waals surface area contributed by atoms with Gasteiger partial charge in [0, 0.05) is 24.2 Å². The number of allylic oxidation sites excluding steroid dienone is 2. The molecule has 0 heterocycles. The zero-order valence-electron chi connectivity index (χ0n) is 12.8. The first-order valence-electron chi connectivity index (χ1n) is 7.48. The molecule has 0 amide bonds. The predicted octanol–water partition coefficient (Wildman–Crippen LogP) is 5.25. The maximum Gasteiger partial charge on any atom is 0.170 e. The molecule has 0 spiro atoms. The van der Waals surface area contributed by atoms with Crippen molar-refractivity contribution < 1.29 is 14.7 Å². The van der Waals surface area contributed by atoms with E-state index >= 15 is 0 Å². The van der Waals surface area contributed by atoms with Gasteiger partial charge in [-0.25, -0.2) is 0 Å². The molecule has 0 saturated carbocycles. The van der Waals surface area contributed by atoms with E-state index in [4.69, 9.17) is 23.2 Å². The number of hydrogen-bond acceptors (Lipinski definition) is 4.